The molecule has 27 heavy (non-hydrogen) atoms. The maximum Gasteiger partial charge on any atom is 0.0985 e. The van der Waals surface area contributed by atoms with Crippen LogP contribution in [0, 0.1) is 11.8 Å². The average Bonchev–Trinajstić information content (AvgIpc) is 3.30. The number of ether oxygens (including phenoxy) is 3. The smallest absolute Gasteiger partial charge is 0.0985 e. The molecule has 3 aliphatic rings. The second kappa shape index (κ2) is 7.55. The Morgan fingerprint density at radius 3 is 2.85 bits per heavy atom. The van der Waals surface area contributed by atoms with Crippen molar-refractivity contribution in [3.63, 3.8) is 0 Å². The quantitative estimate of drug-likeness (QED) is 0.848. The molecule has 0 aliphatic carbocycles. The summed E-state index contributed by atoms with van der Waals surface area (Å²) >= 11 is 0. The fourth-order valence-electron chi connectivity index (χ4n) is 5.01. The molecule has 146 valence electrons. The van der Waals surface area contributed by atoms with Crippen LogP contribution < -0.4 is 0 Å². The molecule has 1 atom stereocenters. The van der Waals surface area contributed by atoms with Crippen LogP contribution in [0.25, 0.3) is 10.9 Å². The Kier molecular flexibility index (Phi) is 4.94. The van der Waals surface area contributed by atoms with E-state index in [0.29, 0.717) is 11.8 Å². The summed E-state index contributed by atoms with van der Waals surface area (Å²) < 4.78 is 17.8. The molecule has 0 bridgehead atoms. The predicted molar refractivity (Wildman–Crippen MR) is 105 cm³/mol. The van der Waals surface area contributed by atoms with E-state index in [4.69, 9.17) is 14.2 Å². The molecule has 5 nitrogen and oxygen atoms in total. The van der Waals surface area contributed by atoms with Crippen molar-refractivity contribution in [1.29, 1.82) is 0 Å². The lowest BCUT2D eigenvalue weighted by atomic mass is 9.81. The topological polar surface area (TPSA) is 46.7 Å². The van der Waals surface area contributed by atoms with E-state index in [1.54, 1.807) is 0 Å². The molecule has 4 heterocycles. The average molecular weight is 370 g/mol. The highest BCUT2D eigenvalue weighted by Gasteiger charge is 2.52. The fraction of sp³-hybridized carbons (Fsp3) is 0.636. The largest absolute Gasteiger partial charge is 0.381 e. The van der Waals surface area contributed by atoms with E-state index < -0.39 is 0 Å². The summed E-state index contributed by atoms with van der Waals surface area (Å²) in [4.78, 5) is 5.82. The van der Waals surface area contributed by atoms with Crippen LogP contribution in [-0.2, 0) is 20.8 Å². The maximum atomic E-state index is 6.22. The van der Waals surface area contributed by atoms with Crippen LogP contribution in [0.1, 0.15) is 24.8 Å². The van der Waals surface area contributed by atoms with Gasteiger partial charge < -0.3 is 19.2 Å². The second-order valence-electron chi connectivity index (χ2n) is 8.49. The van der Waals surface area contributed by atoms with Gasteiger partial charge in [-0.3, -0.25) is 4.90 Å². The molecule has 1 aromatic carbocycles. The van der Waals surface area contributed by atoms with Gasteiger partial charge in [0, 0.05) is 69.1 Å². The number of benzene rings is 1. The molecule has 5 heteroatoms. The van der Waals surface area contributed by atoms with Gasteiger partial charge in [-0.05, 0) is 42.9 Å². The zero-order valence-corrected chi connectivity index (χ0v) is 16.0. The minimum atomic E-state index is 0.0295. The molecular formula is C22H30N2O3. The maximum absolute atomic E-state index is 6.22. The highest BCUT2D eigenvalue weighted by Crippen LogP contribution is 2.41. The summed E-state index contributed by atoms with van der Waals surface area (Å²) in [5, 5.41) is 1.34. The summed E-state index contributed by atoms with van der Waals surface area (Å²) in [6.07, 6.45) is 5.45. The van der Waals surface area contributed by atoms with Gasteiger partial charge in [0.15, 0.2) is 0 Å². The molecule has 1 spiro atoms. The molecule has 3 aliphatic heterocycles. The van der Waals surface area contributed by atoms with Crippen LogP contribution >= 0.6 is 0 Å². The SMILES string of the molecule is c1cc(CN2CC3(C2)OCC[C@@H]3COCC2CCOCC2)c2cc[nH]c2c1. The lowest BCUT2D eigenvalue weighted by molar-refractivity contribution is -0.147. The number of aromatic nitrogens is 1. The highest BCUT2D eigenvalue weighted by atomic mass is 16.5. The Labute approximate surface area is 161 Å². The number of nitrogens with zero attached hydrogens (tertiary/aromatic N) is 1. The standard InChI is InChI=1S/C22H30N2O3/c1-2-18(20-4-8-23-21(20)3-1)12-24-15-22(16-24)19(7-11-27-22)14-26-13-17-5-9-25-10-6-17/h1-4,8,17,19,23H,5-7,9-16H2/t19-/m1/s1. The van der Waals surface area contributed by atoms with Crippen LogP contribution in [0.3, 0.4) is 0 Å². The minimum absolute atomic E-state index is 0.0295. The number of H-pyrrole nitrogens is 1. The second-order valence-corrected chi connectivity index (χ2v) is 8.49. The Hall–Kier alpha value is -1.40. The van der Waals surface area contributed by atoms with Crippen molar-refractivity contribution in [3.8, 4) is 0 Å². The summed E-state index contributed by atoms with van der Waals surface area (Å²) in [6, 6.07) is 8.70. The molecule has 3 fully saturated rings. The van der Waals surface area contributed by atoms with Crippen molar-refractivity contribution in [2.45, 2.75) is 31.4 Å². The lowest BCUT2D eigenvalue weighted by Crippen LogP contribution is -2.64. The van der Waals surface area contributed by atoms with E-state index in [9.17, 15) is 0 Å². The number of likely N-dealkylation sites (tertiary alicyclic amines) is 1. The highest BCUT2D eigenvalue weighted by molar-refractivity contribution is 5.82. The number of hydrogen-bond acceptors (Lipinski definition) is 4. The van der Waals surface area contributed by atoms with Crippen molar-refractivity contribution in [2.24, 2.45) is 11.8 Å². The van der Waals surface area contributed by atoms with Gasteiger partial charge in [-0.2, -0.15) is 0 Å². The first kappa shape index (κ1) is 17.7. The van der Waals surface area contributed by atoms with Crippen LogP contribution in [0.2, 0.25) is 0 Å². The van der Waals surface area contributed by atoms with E-state index in [-0.39, 0.29) is 5.60 Å². The van der Waals surface area contributed by atoms with E-state index in [2.05, 4.69) is 34.1 Å². The van der Waals surface area contributed by atoms with Gasteiger partial charge in [0.1, 0.15) is 0 Å². The van der Waals surface area contributed by atoms with Crippen LogP contribution in [-0.4, -0.2) is 61.6 Å². The molecule has 0 radical (unpaired) electrons. The van der Waals surface area contributed by atoms with Gasteiger partial charge in [-0.25, -0.2) is 0 Å². The summed E-state index contributed by atoms with van der Waals surface area (Å²) in [6.45, 7) is 7.45. The monoisotopic (exact) mass is 370 g/mol. The molecule has 0 unspecified atom stereocenters. The lowest BCUT2D eigenvalue weighted by Gasteiger charge is -2.50. The first-order valence-corrected chi connectivity index (χ1v) is 10.4. The van der Waals surface area contributed by atoms with Gasteiger partial charge in [0.05, 0.1) is 12.2 Å². The molecular weight excluding hydrogens is 340 g/mol. The van der Waals surface area contributed by atoms with Gasteiger partial charge >= 0.3 is 0 Å². The van der Waals surface area contributed by atoms with Gasteiger partial charge in [-0.15, -0.1) is 0 Å². The third kappa shape index (κ3) is 3.54. The van der Waals surface area contributed by atoms with Gasteiger partial charge in [0.2, 0.25) is 0 Å². The Balaban J connectivity index is 1.14. The molecule has 3 saturated heterocycles. The molecule has 1 aromatic heterocycles. The van der Waals surface area contributed by atoms with E-state index in [0.717, 1.165) is 71.9 Å². The van der Waals surface area contributed by atoms with Crippen LogP contribution in [0.4, 0.5) is 0 Å². The number of nitrogens with one attached hydrogen (secondary N) is 1. The van der Waals surface area contributed by atoms with E-state index >= 15 is 0 Å². The van der Waals surface area contributed by atoms with Crippen LogP contribution in [0.5, 0.6) is 0 Å². The first-order chi connectivity index (χ1) is 13.3. The molecule has 0 amide bonds. The zero-order chi connectivity index (χ0) is 18.1. The normalized spacial score (nSPS) is 26.0. The predicted octanol–water partition coefficient (Wildman–Crippen LogP) is 3.20. The van der Waals surface area contributed by atoms with Gasteiger partial charge in [0.25, 0.3) is 0 Å². The number of hydrogen-bond donors (Lipinski definition) is 1. The first-order valence-electron chi connectivity index (χ1n) is 10.4. The van der Waals surface area contributed by atoms with Crippen molar-refractivity contribution in [2.75, 3.05) is 46.1 Å². The fourth-order valence-corrected chi connectivity index (χ4v) is 5.01. The van der Waals surface area contributed by atoms with Crippen molar-refractivity contribution in [1.82, 2.24) is 9.88 Å². The molecule has 2 aromatic rings. The summed E-state index contributed by atoms with van der Waals surface area (Å²) in [5.41, 5.74) is 2.65. The number of aromatic amines is 1. The van der Waals surface area contributed by atoms with E-state index in [1.165, 1.54) is 16.5 Å². The van der Waals surface area contributed by atoms with E-state index in [1.807, 2.05) is 6.20 Å². The zero-order valence-electron chi connectivity index (χ0n) is 16.0. The molecule has 0 saturated carbocycles. The van der Waals surface area contributed by atoms with Crippen molar-refractivity contribution >= 4 is 10.9 Å². The Morgan fingerprint density at radius 2 is 1.96 bits per heavy atom. The number of rotatable bonds is 6. The van der Waals surface area contributed by atoms with Gasteiger partial charge in [-0.1, -0.05) is 12.1 Å². The third-order valence-corrected chi connectivity index (χ3v) is 6.68. The Morgan fingerprint density at radius 1 is 1.07 bits per heavy atom. The third-order valence-electron chi connectivity index (χ3n) is 6.68. The van der Waals surface area contributed by atoms with Crippen molar-refractivity contribution in [3.05, 3.63) is 36.0 Å². The van der Waals surface area contributed by atoms with Crippen molar-refractivity contribution < 1.29 is 14.2 Å². The summed E-state index contributed by atoms with van der Waals surface area (Å²) in [7, 11) is 0. The molecule has 5 rings (SSSR count). The molecule has 1 N–H and O–H groups in total. The summed E-state index contributed by atoms with van der Waals surface area (Å²) in [5.74, 6) is 1.22. The Bertz CT molecular complexity index is 762. The minimum Gasteiger partial charge on any atom is -0.381 e. The van der Waals surface area contributed by atoms with Crippen LogP contribution in [0.15, 0.2) is 30.5 Å². The number of fused-ring (bicyclic) bond motifs is 1.